The van der Waals surface area contributed by atoms with Gasteiger partial charge in [-0.3, -0.25) is 9.59 Å². The quantitative estimate of drug-likeness (QED) is 0.732. The number of hydrogen-bond donors (Lipinski definition) is 0. The molecule has 8 heteroatoms. The van der Waals surface area contributed by atoms with Crippen LogP contribution in [0.2, 0.25) is 0 Å². The topological polar surface area (TPSA) is 65.3 Å². The molecule has 2 atom stereocenters. The number of halogens is 2. The highest BCUT2D eigenvalue weighted by atomic mass is 19.1. The summed E-state index contributed by atoms with van der Waals surface area (Å²) in [7, 11) is 0. The van der Waals surface area contributed by atoms with Crippen molar-refractivity contribution in [2.75, 3.05) is 10.0 Å². The van der Waals surface area contributed by atoms with E-state index in [0.717, 1.165) is 0 Å². The van der Waals surface area contributed by atoms with E-state index in [9.17, 15) is 18.4 Å². The standard InChI is InChI=1S/C23H22F2N4O2/c1-13-19(21(30)28(26-13)17-9-5-15(24)6-10-17)23(3,4)20-14(2)27-29(22(20)31)18-11-7-16(25)8-12-18/h5-12,19-20H,1-4H3/t19-,20+. The summed E-state index contributed by atoms with van der Waals surface area (Å²) >= 11 is 0. The molecule has 160 valence electrons. The van der Waals surface area contributed by atoms with Crippen LogP contribution < -0.4 is 10.0 Å². The van der Waals surface area contributed by atoms with Crippen LogP contribution in [0.3, 0.4) is 0 Å². The maximum absolute atomic E-state index is 13.3. The summed E-state index contributed by atoms with van der Waals surface area (Å²) in [5.41, 5.74) is 1.22. The molecule has 0 fully saturated rings. The maximum Gasteiger partial charge on any atom is 0.256 e. The second-order valence-corrected chi connectivity index (χ2v) is 8.42. The van der Waals surface area contributed by atoms with Crippen molar-refractivity contribution in [3.8, 4) is 0 Å². The van der Waals surface area contributed by atoms with Crippen molar-refractivity contribution in [2.45, 2.75) is 27.7 Å². The molecule has 0 bridgehead atoms. The Hall–Kier alpha value is -3.42. The van der Waals surface area contributed by atoms with Gasteiger partial charge in [-0.1, -0.05) is 13.8 Å². The van der Waals surface area contributed by atoms with Gasteiger partial charge in [0.1, 0.15) is 11.6 Å². The Bertz CT molecular complexity index is 1020. The minimum Gasteiger partial charge on any atom is -0.272 e. The van der Waals surface area contributed by atoms with Gasteiger partial charge in [0.25, 0.3) is 11.8 Å². The summed E-state index contributed by atoms with van der Waals surface area (Å²) in [4.78, 5) is 26.6. The Labute approximate surface area is 178 Å². The van der Waals surface area contributed by atoms with Crippen LogP contribution in [0.1, 0.15) is 27.7 Å². The molecule has 2 amide bonds. The van der Waals surface area contributed by atoms with Crippen LogP contribution in [0.15, 0.2) is 58.7 Å². The lowest BCUT2D eigenvalue weighted by atomic mass is 9.66. The first kappa shape index (κ1) is 20.8. The average Bonchev–Trinajstić information content (AvgIpc) is 3.18. The van der Waals surface area contributed by atoms with Crippen molar-refractivity contribution in [1.82, 2.24) is 0 Å². The number of carbonyl (C=O) groups is 2. The fourth-order valence-electron chi connectivity index (χ4n) is 4.55. The summed E-state index contributed by atoms with van der Waals surface area (Å²) in [5, 5.41) is 11.3. The molecule has 6 nitrogen and oxygen atoms in total. The zero-order valence-electron chi connectivity index (χ0n) is 17.6. The van der Waals surface area contributed by atoms with Crippen molar-refractivity contribution in [1.29, 1.82) is 0 Å². The Morgan fingerprint density at radius 2 is 1.03 bits per heavy atom. The maximum atomic E-state index is 13.3. The summed E-state index contributed by atoms with van der Waals surface area (Å²) in [6, 6.07) is 11.0. The molecular weight excluding hydrogens is 402 g/mol. The number of rotatable bonds is 4. The summed E-state index contributed by atoms with van der Waals surface area (Å²) in [5.74, 6) is -2.70. The van der Waals surface area contributed by atoms with E-state index in [1.807, 2.05) is 13.8 Å². The number of hydrazone groups is 2. The molecule has 0 spiro atoms. The molecule has 2 heterocycles. The lowest BCUT2D eigenvalue weighted by Crippen LogP contribution is -2.47. The fraction of sp³-hybridized carbons (Fsp3) is 0.304. The van der Waals surface area contributed by atoms with E-state index in [1.165, 1.54) is 58.5 Å². The molecule has 0 aliphatic carbocycles. The first-order valence-corrected chi connectivity index (χ1v) is 9.90. The summed E-state index contributed by atoms with van der Waals surface area (Å²) in [6.45, 7) is 7.19. The number of carbonyl (C=O) groups excluding carboxylic acids is 2. The molecular formula is C23H22F2N4O2. The Balaban J connectivity index is 1.63. The molecule has 0 radical (unpaired) electrons. The average molecular weight is 424 g/mol. The first-order chi connectivity index (χ1) is 14.6. The number of amides is 2. The highest BCUT2D eigenvalue weighted by molar-refractivity contribution is 6.19. The molecule has 0 saturated carbocycles. The van der Waals surface area contributed by atoms with E-state index in [4.69, 9.17) is 0 Å². The second kappa shape index (κ2) is 7.37. The Kier molecular flexibility index (Phi) is 4.95. The van der Waals surface area contributed by atoms with Crippen molar-refractivity contribution >= 4 is 34.6 Å². The monoisotopic (exact) mass is 424 g/mol. The van der Waals surface area contributed by atoms with E-state index >= 15 is 0 Å². The van der Waals surface area contributed by atoms with Gasteiger partial charge in [0, 0.05) is 11.4 Å². The van der Waals surface area contributed by atoms with E-state index in [-0.39, 0.29) is 11.8 Å². The molecule has 0 saturated heterocycles. The van der Waals surface area contributed by atoms with E-state index in [2.05, 4.69) is 10.2 Å². The van der Waals surface area contributed by atoms with Crippen molar-refractivity contribution in [3.05, 3.63) is 60.2 Å². The highest BCUT2D eigenvalue weighted by Crippen LogP contribution is 2.44. The molecule has 31 heavy (non-hydrogen) atoms. The summed E-state index contributed by atoms with van der Waals surface area (Å²) in [6.07, 6.45) is 0. The van der Waals surface area contributed by atoms with Crippen LogP contribution in [-0.2, 0) is 9.59 Å². The van der Waals surface area contributed by atoms with Gasteiger partial charge in [0.05, 0.1) is 23.2 Å². The minimum atomic E-state index is -0.834. The number of benzene rings is 2. The number of anilines is 2. The third-order valence-electron chi connectivity index (χ3n) is 5.89. The van der Waals surface area contributed by atoms with Gasteiger partial charge in [0.2, 0.25) is 0 Å². The fourth-order valence-corrected chi connectivity index (χ4v) is 4.55. The molecule has 2 aromatic carbocycles. The van der Waals surface area contributed by atoms with Crippen molar-refractivity contribution in [3.63, 3.8) is 0 Å². The smallest absolute Gasteiger partial charge is 0.256 e. The van der Waals surface area contributed by atoms with Gasteiger partial charge >= 0.3 is 0 Å². The lowest BCUT2D eigenvalue weighted by molar-refractivity contribution is -0.126. The Morgan fingerprint density at radius 3 is 1.35 bits per heavy atom. The van der Waals surface area contributed by atoms with Crippen LogP contribution in [0.5, 0.6) is 0 Å². The van der Waals surface area contributed by atoms with Crippen molar-refractivity contribution in [2.24, 2.45) is 27.5 Å². The van der Waals surface area contributed by atoms with Crippen LogP contribution in [0.4, 0.5) is 20.2 Å². The van der Waals surface area contributed by atoms with E-state index < -0.39 is 28.9 Å². The van der Waals surface area contributed by atoms with Gasteiger partial charge in [-0.15, -0.1) is 0 Å². The van der Waals surface area contributed by atoms with Gasteiger partial charge in [-0.05, 0) is 67.8 Å². The minimum absolute atomic E-state index is 0.282. The van der Waals surface area contributed by atoms with Crippen LogP contribution in [0, 0.1) is 28.9 Å². The van der Waals surface area contributed by atoms with E-state index in [1.54, 1.807) is 13.8 Å². The lowest BCUT2D eigenvalue weighted by Gasteiger charge is -2.35. The zero-order valence-corrected chi connectivity index (χ0v) is 17.6. The SMILES string of the molecule is CC1=NN(c2ccc(F)cc2)C(=O)[C@H]1C(C)(C)[C@H]1C(=O)N(c2ccc(F)cc2)N=C1C. The van der Waals surface area contributed by atoms with Crippen LogP contribution in [-0.4, -0.2) is 23.2 Å². The predicted octanol–water partition coefficient (Wildman–Crippen LogP) is 4.37. The molecule has 0 aromatic heterocycles. The molecule has 2 aliphatic rings. The Morgan fingerprint density at radius 1 is 0.710 bits per heavy atom. The molecule has 2 aliphatic heterocycles. The van der Waals surface area contributed by atoms with Gasteiger partial charge in [0.15, 0.2) is 0 Å². The highest BCUT2D eigenvalue weighted by Gasteiger charge is 2.54. The molecule has 0 unspecified atom stereocenters. The van der Waals surface area contributed by atoms with Crippen LogP contribution >= 0.6 is 0 Å². The van der Waals surface area contributed by atoms with Crippen LogP contribution in [0.25, 0.3) is 0 Å². The first-order valence-electron chi connectivity index (χ1n) is 9.90. The predicted molar refractivity (Wildman–Crippen MR) is 115 cm³/mol. The third kappa shape index (κ3) is 3.41. The molecule has 0 N–H and O–H groups in total. The second-order valence-electron chi connectivity index (χ2n) is 8.42. The molecule has 4 rings (SSSR count). The largest absolute Gasteiger partial charge is 0.272 e. The number of hydrogen-bond acceptors (Lipinski definition) is 4. The van der Waals surface area contributed by atoms with Gasteiger partial charge in [-0.25, -0.2) is 18.8 Å². The van der Waals surface area contributed by atoms with E-state index in [0.29, 0.717) is 22.8 Å². The van der Waals surface area contributed by atoms with Gasteiger partial charge in [-0.2, -0.15) is 10.2 Å². The van der Waals surface area contributed by atoms with Crippen molar-refractivity contribution < 1.29 is 18.4 Å². The van der Waals surface area contributed by atoms with Gasteiger partial charge < -0.3 is 0 Å². The zero-order chi connectivity index (χ0) is 22.5. The third-order valence-corrected chi connectivity index (χ3v) is 5.89. The normalized spacial score (nSPS) is 21.6. The summed E-state index contributed by atoms with van der Waals surface area (Å²) < 4.78 is 26.6. The molecule has 2 aromatic rings. The number of nitrogens with zero attached hydrogens (tertiary/aromatic N) is 4.